The van der Waals surface area contributed by atoms with Gasteiger partial charge in [0.25, 0.3) is 5.91 Å². The number of nitrogens with zero attached hydrogens (tertiary/aromatic N) is 10. The summed E-state index contributed by atoms with van der Waals surface area (Å²) in [6.07, 6.45) is 5.76. The summed E-state index contributed by atoms with van der Waals surface area (Å²) in [7, 11) is 0. The van der Waals surface area contributed by atoms with Crippen LogP contribution in [0.5, 0.6) is 11.8 Å². The number of thiocarbonyl (C=S) groups is 2. The van der Waals surface area contributed by atoms with Crippen LogP contribution >= 0.6 is 24.4 Å². The third kappa shape index (κ3) is 15.3. The highest BCUT2D eigenvalue weighted by atomic mass is 32.1. The Morgan fingerprint density at radius 1 is 0.667 bits per heavy atom. The molecule has 436 valence electrons. The molecule has 1 amide bonds. The van der Waals surface area contributed by atoms with Gasteiger partial charge in [-0.3, -0.25) is 9.69 Å². The summed E-state index contributed by atoms with van der Waals surface area (Å²) in [5, 5.41) is 31.6. The average Bonchev–Trinajstić information content (AvgIpc) is 1.60. The number of benzene rings is 4. The third-order valence-electron chi connectivity index (χ3n) is 14.0. The van der Waals surface area contributed by atoms with Crippen LogP contribution in [0.1, 0.15) is 133 Å². The standard InChI is InChI=1S/C31H33N5O5S.C23H29N3O4.C9H6N2S/c1-6-25-33-24-11-10-22(17-23(24)26(34-25)39-14-15-40-29(38)41-30(3,4)5)36-28(42)35(27(37)31(36)12-7-13-31)21-9-8-20(18-32)19(2)16-21;1-5-19-25-18-8-7-16(14-23(15-24)9-6-10-23)13-17(18)20(26-19)28-11-12-29-21(27)30-22(2,3)4;1-7-4-9(11-6-12)3-2-8(7)5-10/h8-11,16-17H,6-7,12-15H2,1-5H3;7-8,13H,5-6,9-12,14H2,1-4H3;2-4H,1H3. The Morgan fingerprint density at radius 2 is 1.18 bits per heavy atom. The van der Waals surface area contributed by atoms with Crippen LogP contribution in [-0.4, -0.2) is 91.6 Å². The quantitative estimate of drug-likeness (QED) is 0.0401. The van der Waals surface area contributed by atoms with Crippen molar-refractivity contribution in [1.29, 1.82) is 15.8 Å². The predicted octanol–water partition coefficient (Wildman–Crippen LogP) is 13.1. The maximum Gasteiger partial charge on any atom is 0.508 e. The molecule has 0 bridgehead atoms. The molecule has 2 saturated carbocycles. The van der Waals surface area contributed by atoms with Crippen molar-refractivity contribution in [3.05, 3.63) is 112 Å². The number of aryl methyl sites for hydroxylation is 4. The lowest BCUT2D eigenvalue weighted by molar-refractivity contribution is -0.123. The van der Waals surface area contributed by atoms with Crippen LogP contribution in [0.4, 0.5) is 26.7 Å². The minimum absolute atomic E-state index is 0.0195. The van der Waals surface area contributed by atoms with Crippen molar-refractivity contribution >= 4 is 91.8 Å². The lowest BCUT2D eigenvalue weighted by atomic mass is 9.66. The van der Waals surface area contributed by atoms with E-state index < -0.39 is 29.1 Å². The number of amides is 1. The van der Waals surface area contributed by atoms with E-state index in [2.05, 4.69) is 60.5 Å². The molecule has 1 saturated heterocycles. The smallest absolute Gasteiger partial charge is 0.474 e. The largest absolute Gasteiger partial charge is 0.508 e. The monoisotopic (exact) mass is 1170 g/mol. The summed E-state index contributed by atoms with van der Waals surface area (Å²) >= 11 is 10.4. The Labute approximate surface area is 500 Å². The lowest BCUT2D eigenvalue weighted by Crippen LogP contribution is -2.55. The Morgan fingerprint density at radius 3 is 1.63 bits per heavy atom. The average molecular weight is 1170 g/mol. The fourth-order valence-corrected chi connectivity index (χ4v) is 10.1. The van der Waals surface area contributed by atoms with E-state index in [9.17, 15) is 24.9 Å². The van der Waals surface area contributed by atoms with Crippen LogP contribution in [-0.2, 0) is 43.0 Å². The Kier molecular flexibility index (Phi) is 20.3. The number of hydrogen-bond donors (Lipinski definition) is 0. The molecule has 0 N–H and O–H groups in total. The van der Waals surface area contributed by atoms with Gasteiger partial charge in [-0.2, -0.15) is 30.7 Å². The zero-order valence-electron chi connectivity index (χ0n) is 49.1. The molecule has 3 heterocycles. The normalized spacial score (nSPS) is 14.6. The van der Waals surface area contributed by atoms with Crippen LogP contribution in [0.15, 0.2) is 77.8 Å². The van der Waals surface area contributed by atoms with E-state index in [0.29, 0.717) is 81.9 Å². The summed E-state index contributed by atoms with van der Waals surface area (Å²) in [5.74, 6) is 2.04. The van der Waals surface area contributed by atoms with E-state index in [1.54, 1.807) is 76.8 Å². The van der Waals surface area contributed by atoms with Gasteiger partial charge in [0.2, 0.25) is 11.8 Å². The molecule has 0 atom stereocenters. The molecule has 3 aliphatic rings. The molecular formula is C63H68N10O9S2. The molecule has 2 aromatic heterocycles. The highest BCUT2D eigenvalue weighted by molar-refractivity contribution is 7.81. The number of aromatic nitrogens is 4. The van der Waals surface area contributed by atoms with Gasteiger partial charge < -0.3 is 33.3 Å². The third-order valence-corrected chi connectivity index (χ3v) is 14.4. The van der Waals surface area contributed by atoms with Gasteiger partial charge in [-0.05, 0) is 202 Å². The molecule has 84 heavy (non-hydrogen) atoms. The molecular weight excluding hydrogens is 1100 g/mol. The van der Waals surface area contributed by atoms with Gasteiger partial charge in [0, 0.05) is 18.5 Å². The first kappa shape index (κ1) is 62.9. The van der Waals surface area contributed by atoms with E-state index in [0.717, 1.165) is 71.1 Å². The van der Waals surface area contributed by atoms with Crippen LogP contribution in [0.25, 0.3) is 21.8 Å². The molecule has 1 aliphatic heterocycles. The molecule has 19 nitrogen and oxygen atoms in total. The topological polar surface area (TPSA) is 248 Å². The van der Waals surface area contributed by atoms with Crippen molar-refractivity contribution in [3.63, 3.8) is 0 Å². The Balaban J connectivity index is 0.000000209. The van der Waals surface area contributed by atoms with Crippen molar-refractivity contribution in [2.45, 2.75) is 144 Å². The van der Waals surface area contributed by atoms with Gasteiger partial charge in [-0.15, -0.1) is 0 Å². The van der Waals surface area contributed by atoms with Gasteiger partial charge in [-0.25, -0.2) is 19.6 Å². The first-order valence-electron chi connectivity index (χ1n) is 27.8. The van der Waals surface area contributed by atoms with Crippen LogP contribution in [0.3, 0.4) is 0 Å². The summed E-state index contributed by atoms with van der Waals surface area (Å²) in [6.45, 7) is 18.5. The molecule has 3 fully saturated rings. The molecule has 1 spiro atoms. The maximum absolute atomic E-state index is 13.9. The summed E-state index contributed by atoms with van der Waals surface area (Å²) in [6, 6.07) is 29.0. The number of ether oxygens (including phenoxy) is 6. The Bertz CT molecular complexity index is 3660. The first-order valence-corrected chi connectivity index (χ1v) is 28.6. The molecule has 0 unspecified atom stereocenters. The molecule has 21 heteroatoms. The van der Waals surface area contributed by atoms with Crippen molar-refractivity contribution in [2.24, 2.45) is 10.4 Å². The zero-order valence-corrected chi connectivity index (χ0v) is 50.7. The minimum atomic E-state index is -0.779. The summed E-state index contributed by atoms with van der Waals surface area (Å²) in [4.78, 5) is 63.2. The second-order valence-electron chi connectivity index (χ2n) is 22.5. The first-order chi connectivity index (χ1) is 40.0. The van der Waals surface area contributed by atoms with E-state index >= 15 is 0 Å². The number of isothiocyanates is 1. The SMILES string of the molecule is CCc1nc(OCCOC(=O)OC(C)(C)C)c2cc(CC3(C#N)CCC3)ccc2n1.CCc1nc(OCCOC(=O)OC(C)(C)C)c2cc(N3C(=S)N(c4ccc(C#N)c(C)c4)C(=O)C34CCC4)ccc2n1.Cc1cc(N=C=S)ccc1C#N. The fourth-order valence-electron chi connectivity index (χ4n) is 9.54. The van der Waals surface area contributed by atoms with Gasteiger partial charge in [-0.1, -0.05) is 26.3 Å². The number of fused-ring (bicyclic) bond motifs is 2. The van der Waals surface area contributed by atoms with E-state index in [1.807, 2.05) is 75.1 Å². The number of hydrogen-bond acceptors (Lipinski definition) is 19. The van der Waals surface area contributed by atoms with Gasteiger partial charge >= 0.3 is 12.3 Å². The predicted molar refractivity (Wildman–Crippen MR) is 324 cm³/mol. The molecule has 4 aromatic carbocycles. The second kappa shape index (κ2) is 27.2. The zero-order chi connectivity index (χ0) is 61.0. The van der Waals surface area contributed by atoms with E-state index in [4.69, 9.17) is 45.9 Å². The lowest BCUT2D eigenvalue weighted by Gasteiger charge is -2.43. The molecule has 2 aliphatic carbocycles. The number of nitriles is 3. The summed E-state index contributed by atoms with van der Waals surface area (Å²) in [5.41, 5.74) is 5.29. The second-order valence-corrected chi connectivity index (χ2v) is 23.0. The number of carbonyl (C=O) groups excluding carboxylic acids is 3. The fraction of sp³-hybridized carbons (Fsp3) is 0.429. The van der Waals surface area contributed by atoms with E-state index in [-0.39, 0.29) is 37.7 Å². The van der Waals surface area contributed by atoms with Crippen LogP contribution in [0.2, 0.25) is 0 Å². The van der Waals surface area contributed by atoms with Crippen LogP contribution in [0, 0.1) is 53.3 Å². The van der Waals surface area contributed by atoms with Gasteiger partial charge in [0.1, 0.15) is 54.8 Å². The van der Waals surface area contributed by atoms with Crippen molar-refractivity contribution in [2.75, 3.05) is 36.2 Å². The highest BCUT2D eigenvalue weighted by Crippen LogP contribution is 2.49. The van der Waals surface area contributed by atoms with Crippen molar-refractivity contribution < 1.29 is 42.8 Å². The van der Waals surface area contributed by atoms with Crippen LogP contribution < -0.4 is 19.3 Å². The molecule has 6 aromatic rings. The number of anilines is 2. The highest BCUT2D eigenvalue weighted by Gasteiger charge is 2.59. The number of rotatable bonds is 15. The van der Waals surface area contributed by atoms with E-state index in [1.165, 1.54) is 0 Å². The molecule has 0 radical (unpaired) electrons. The number of carbonyl (C=O) groups is 3. The van der Waals surface area contributed by atoms with Gasteiger partial charge in [0.15, 0.2) is 5.11 Å². The molecule has 9 rings (SSSR count). The van der Waals surface area contributed by atoms with Crippen molar-refractivity contribution in [1.82, 2.24) is 19.9 Å². The summed E-state index contributed by atoms with van der Waals surface area (Å²) < 4.78 is 32.3. The number of aliphatic imine (C=N–C) groups is 1. The van der Waals surface area contributed by atoms with Gasteiger partial charge in [0.05, 0.1) is 73.1 Å². The Hall–Kier alpha value is -8.67. The maximum atomic E-state index is 13.9. The van der Waals surface area contributed by atoms with Crippen molar-refractivity contribution in [3.8, 4) is 30.0 Å². The minimum Gasteiger partial charge on any atom is -0.474 e.